The van der Waals surface area contributed by atoms with Gasteiger partial charge in [-0.1, -0.05) is 6.92 Å². The van der Waals surface area contributed by atoms with Gasteiger partial charge in [0.05, 0.1) is 5.69 Å². The Morgan fingerprint density at radius 2 is 2.00 bits per heavy atom. The Morgan fingerprint density at radius 1 is 1.33 bits per heavy atom. The molecule has 100 valence electrons. The van der Waals surface area contributed by atoms with E-state index in [-0.39, 0.29) is 5.75 Å². The lowest BCUT2D eigenvalue weighted by atomic mass is 10.0. The van der Waals surface area contributed by atoms with Crippen LogP contribution in [0.4, 0.5) is 5.69 Å². The highest BCUT2D eigenvalue weighted by Crippen LogP contribution is 2.21. The third kappa shape index (κ3) is 3.14. The maximum atomic E-state index is 12.1. The van der Waals surface area contributed by atoms with Gasteiger partial charge in [-0.25, -0.2) is 0 Å². The lowest BCUT2D eigenvalue weighted by Crippen LogP contribution is -2.42. The summed E-state index contributed by atoms with van der Waals surface area (Å²) in [5.74, 6) is 0.514. The highest BCUT2D eigenvalue weighted by molar-refractivity contribution is 7.90. The summed E-state index contributed by atoms with van der Waals surface area (Å²) < 4.78 is 28.3. The van der Waals surface area contributed by atoms with E-state index in [9.17, 15) is 8.42 Å². The number of aromatic hydroxyl groups is 1. The van der Waals surface area contributed by atoms with Crippen molar-refractivity contribution in [2.24, 2.45) is 5.92 Å². The van der Waals surface area contributed by atoms with Crippen molar-refractivity contribution in [3.8, 4) is 5.75 Å². The quantitative estimate of drug-likeness (QED) is 0.823. The SMILES string of the molecule is CC1CCCN(S(=O)(=O)Nc2ccc(O)cc2)C1. The van der Waals surface area contributed by atoms with E-state index in [1.54, 1.807) is 12.1 Å². The number of hydrogen-bond acceptors (Lipinski definition) is 3. The highest BCUT2D eigenvalue weighted by atomic mass is 32.2. The lowest BCUT2D eigenvalue weighted by molar-refractivity contribution is 0.282. The van der Waals surface area contributed by atoms with E-state index < -0.39 is 10.2 Å². The maximum Gasteiger partial charge on any atom is 0.301 e. The number of nitrogens with one attached hydrogen (secondary N) is 1. The maximum absolute atomic E-state index is 12.1. The van der Waals surface area contributed by atoms with Gasteiger partial charge in [0.1, 0.15) is 5.75 Å². The average Bonchev–Trinajstić information content (AvgIpc) is 2.32. The molecule has 6 heteroatoms. The Bertz CT molecular complexity index is 499. The molecule has 1 saturated heterocycles. The molecule has 1 fully saturated rings. The van der Waals surface area contributed by atoms with Gasteiger partial charge in [-0.05, 0) is 43.0 Å². The first kappa shape index (κ1) is 13.2. The van der Waals surface area contributed by atoms with Crippen molar-refractivity contribution in [2.75, 3.05) is 17.8 Å². The molecule has 2 N–H and O–H groups in total. The molecule has 1 aliphatic heterocycles. The highest BCUT2D eigenvalue weighted by Gasteiger charge is 2.26. The van der Waals surface area contributed by atoms with Crippen molar-refractivity contribution in [1.82, 2.24) is 4.31 Å². The van der Waals surface area contributed by atoms with E-state index in [1.165, 1.54) is 16.4 Å². The van der Waals surface area contributed by atoms with Crippen LogP contribution in [-0.2, 0) is 10.2 Å². The van der Waals surface area contributed by atoms with Crippen LogP contribution >= 0.6 is 0 Å². The van der Waals surface area contributed by atoms with Crippen LogP contribution in [0.3, 0.4) is 0 Å². The summed E-state index contributed by atoms with van der Waals surface area (Å²) in [6, 6.07) is 5.99. The molecule has 1 heterocycles. The predicted molar refractivity (Wildman–Crippen MR) is 70.6 cm³/mol. The monoisotopic (exact) mass is 270 g/mol. The van der Waals surface area contributed by atoms with Crippen LogP contribution in [0.5, 0.6) is 5.75 Å². The molecule has 2 rings (SSSR count). The molecule has 1 aromatic rings. The van der Waals surface area contributed by atoms with Gasteiger partial charge in [-0.15, -0.1) is 0 Å². The summed E-state index contributed by atoms with van der Waals surface area (Å²) in [4.78, 5) is 0. The number of piperidine rings is 1. The molecule has 1 atom stereocenters. The molecule has 18 heavy (non-hydrogen) atoms. The Labute approximate surface area is 108 Å². The average molecular weight is 270 g/mol. The Kier molecular flexibility index (Phi) is 3.77. The summed E-state index contributed by atoms with van der Waals surface area (Å²) in [6.45, 7) is 3.19. The van der Waals surface area contributed by atoms with Gasteiger partial charge in [0.25, 0.3) is 0 Å². The molecule has 0 radical (unpaired) electrons. The minimum Gasteiger partial charge on any atom is -0.508 e. The fourth-order valence-corrected chi connectivity index (χ4v) is 3.49. The number of benzene rings is 1. The third-order valence-corrected chi connectivity index (χ3v) is 4.58. The van der Waals surface area contributed by atoms with Gasteiger partial charge in [0.2, 0.25) is 0 Å². The van der Waals surface area contributed by atoms with Crippen LogP contribution in [0.25, 0.3) is 0 Å². The van der Waals surface area contributed by atoms with Gasteiger partial charge in [0, 0.05) is 13.1 Å². The van der Waals surface area contributed by atoms with Crippen LogP contribution in [0, 0.1) is 5.92 Å². The second-order valence-corrected chi connectivity index (χ2v) is 6.43. The number of rotatable bonds is 3. The number of hydrogen-bond donors (Lipinski definition) is 2. The van der Waals surface area contributed by atoms with E-state index >= 15 is 0 Å². The first-order valence-electron chi connectivity index (χ1n) is 6.04. The standard InChI is InChI=1S/C12H18N2O3S/c1-10-3-2-8-14(9-10)18(16,17)13-11-4-6-12(15)7-5-11/h4-7,10,13,15H,2-3,8-9H2,1H3. The smallest absolute Gasteiger partial charge is 0.301 e. The second kappa shape index (κ2) is 5.16. The van der Waals surface area contributed by atoms with Crippen LogP contribution in [0.15, 0.2) is 24.3 Å². The minimum atomic E-state index is -3.48. The van der Waals surface area contributed by atoms with Crippen molar-refractivity contribution < 1.29 is 13.5 Å². The van der Waals surface area contributed by atoms with Crippen molar-refractivity contribution in [3.63, 3.8) is 0 Å². The Hall–Kier alpha value is -1.27. The lowest BCUT2D eigenvalue weighted by Gasteiger charge is -2.30. The fourth-order valence-electron chi connectivity index (χ4n) is 2.11. The van der Waals surface area contributed by atoms with Crippen LogP contribution in [-0.4, -0.2) is 30.9 Å². The summed E-state index contributed by atoms with van der Waals surface area (Å²) >= 11 is 0. The molecule has 1 aliphatic rings. The molecule has 1 unspecified atom stereocenters. The van der Waals surface area contributed by atoms with E-state index in [1.807, 2.05) is 0 Å². The summed E-state index contributed by atoms with van der Waals surface area (Å²) in [5.41, 5.74) is 0.464. The third-order valence-electron chi connectivity index (χ3n) is 3.07. The van der Waals surface area contributed by atoms with Crippen LogP contribution < -0.4 is 4.72 Å². The summed E-state index contributed by atoms with van der Waals surface area (Å²) in [5, 5.41) is 9.15. The zero-order valence-electron chi connectivity index (χ0n) is 10.3. The van der Waals surface area contributed by atoms with Gasteiger partial charge in [-0.3, -0.25) is 4.72 Å². The van der Waals surface area contributed by atoms with Crippen LogP contribution in [0.2, 0.25) is 0 Å². The molecule has 0 saturated carbocycles. The summed E-state index contributed by atoms with van der Waals surface area (Å²) in [6.07, 6.45) is 1.98. The van der Waals surface area contributed by atoms with E-state index in [0.717, 1.165) is 12.8 Å². The number of phenolic OH excluding ortho intramolecular Hbond substituents is 1. The van der Waals surface area contributed by atoms with E-state index in [4.69, 9.17) is 5.11 Å². The Balaban J connectivity index is 2.09. The molecule has 0 aromatic heterocycles. The largest absolute Gasteiger partial charge is 0.508 e. The van der Waals surface area contributed by atoms with E-state index in [0.29, 0.717) is 24.7 Å². The first-order valence-corrected chi connectivity index (χ1v) is 7.48. The number of anilines is 1. The van der Waals surface area contributed by atoms with Crippen LogP contribution in [0.1, 0.15) is 19.8 Å². The molecule has 0 spiro atoms. The van der Waals surface area contributed by atoms with Crippen molar-refractivity contribution >= 4 is 15.9 Å². The van der Waals surface area contributed by atoms with E-state index in [2.05, 4.69) is 11.6 Å². The normalized spacial score (nSPS) is 21.7. The second-order valence-electron chi connectivity index (χ2n) is 4.76. The van der Waals surface area contributed by atoms with Crippen molar-refractivity contribution in [1.29, 1.82) is 0 Å². The fraction of sp³-hybridized carbons (Fsp3) is 0.500. The predicted octanol–water partition coefficient (Wildman–Crippen LogP) is 1.78. The first-order chi connectivity index (χ1) is 8.47. The van der Waals surface area contributed by atoms with Gasteiger partial charge >= 0.3 is 10.2 Å². The Morgan fingerprint density at radius 3 is 2.61 bits per heavy atom. The van der Waals surface area contributed by atoms with Crippen molar-refractivity contribution in [2.45, 2.75) is 19.8 Å². The van der Waals surface area contributed by atoms with Crippen molar-refractivity contribution in [3.05, 3.63) is 24.3 Å². The van der Waals surface area contributed by atoms with Gasteiger partial charge in [0.15, 0.2) is 0 Å². The zero-order valence-corrected chi connectivity index (χ0v) is 11.2. The molecule has 5 nitrogen and oxygen atoms in total. The van der Waals surface area contributed by atoms with Gasteiger partial charge < -0.3 is 5.11 Å². The number of nitrogens with zero attached hydrogens (tertiary/aromatic N) is 1. The molecule has 1 aromatic carbocycles. The molecule has 0 amide bonds. The molecular weight excluding hydrogens is 252 g/mol. The molecular formula is C12H18N2O3S. The topological polar surface area (TPSA) is 69.6 Å². The molecule has 0 bridgehead atoms. The minimum absolute atomic E-state index is 0.115. The summed E-state index contributed by atoms with van der Waals surface area (Å²) in [7, 11) is -3.48. The van der Waals surface area contributed by atoms with Gasteiger partial charge in [-0.2, -0.15) is 12.7 Å². The molecule has 0 aliphatic carbocycles. The zero-order chi connectivity index (χ0) is 13.2. The number of phenols is 1.